The summed E-state index contributed by atoms with van der Waals surface area (Å²) in [6.45, 7) is 5.70. The van der Waals surface area contributed by atoms with Crippen molar-refractivity contribution in [2.24, 2.45) is 5.41 Å². The summed E-state index contributed by atoms with van der Waals surface area (Å²) in [5.74, 6) is 0. The minimum absolute atomic E-state index is 0.123. The van der Waals surface area contributed by atoms with E-state index in [1.807, 2.05) is 19.9 Å². The summed E-state index contributed by atoms with van der Waals surface area (Å²) in [6, 6.07) is 5.27. The number of hydrogen-bond acceptors (Lipinski definition) is 4. The second kappa shape index (κ2) is 4.24. The molecule has 98 valence electrons. The normalized spacial score (nSPS) is 25.3. The highest BCUT2D eigenvalue weighted by Crippen LogP contribution is 2.42. The number of aryl methyl sites for hydroxylation is 1. The van der Waals surface area contributed by atoms with Crippen molar-refractivity contribution < 1.29 is 10.0 Å². The molecule has 2 unspecified atom stereocenters. The average Bonchev–Trinajstić information content (AvgIpc) is 2.30. The standard InChI is InChI=1S/C13H18N2O3/c1-8-4-5-9(6-10(8)15(17)18)14-11-7-12(16)13(11,2)3/h4-6,11-12,14,16H,7H2,1-3H3. The Morgan fingerprint density at radius 2 is 2.17 bits per heavy atom. The molecule has 0 radical (unpaired) electrons. The zero-order chi connectivity index (χ0) is 13.5. The Hall–Kier alpha value is -1.62. The van der Waals surface area contributed by atoms with E-state index in [0.29, 0.717) is 12.0 Å². The van der Waals surface area contributed by atoms with E-state index in [9.17, 15) is 15.2 Å². The second-order valence-corrected chi connectivity index (χ2v) is 5.53. The minimum Gasteiger partial charge on any atom is -0.392 e. The van der Waals surface area contributed by atoms with E-state index in [4.69, 9.17) is 0 Å². The lowest BCUT2D eigenvalue weighted by Gasteiger charge is -2.49. The quantitative estimate of drug-likeness (QED) is 0.638. The molecule has 5 nitrogen and oxygen atoms in total. The van der Waals surface area contributed by atoms with Gasteiger partial charge in [0.2, 0.25) is 0 Å². The molecule has 18 heavy (non-hydrogen) atoms. The summed E-state index contributed by atoms with van der Waals surface area (Å²) in [5, 5.41) is 23.8. The molecule has 2 N–H and O–H groups in total. The van der Waals surface area contributed by atoms with E-state index >= 15 is 0 Å². The van der Waals surface area contributed by atoms with Crippen LogP contribution < -0.4 is 5.32 Å². The van der Waals surface area contributed by atoms with Gasteiger partial charge in [0.05, 0.1) is 11.0 Å². The molecule has 1 aliphatic carbocycles. The van der Waals surface area contributed by atoms with Crippen molar-refractivity contribution >= 4 is 11.4 Å². The van der Waals surface area contributed by atoms with Crippen LogP contribution >= 0.6 is 0 Å². The molecule has 1 aromatic carbocycles. The SMILES string of the molecule is Cc1ccc(NC2CC(O)C2(C)C)cc1[N+](=O)[O-]. The van der Waals surface area contributed by atoms with Gasteiger partial charge in [-0.15, -0.1) is 0 Å². The lowest BCUT2D eigenvalue weighted by molar-refractivity contribution is -0.385. The summed E-state index contributed by atoms with van der Waals surface area (Å²) in [5.41, 5.74) is 1.31. The third-order valence-corrected chi connectivity index (χ3v) is 3.96. The predicted octanol–water partition coefficient (Wildman–Crippen LogP) is 2.47. The molecule has 0 aliphatic heterocycles. The molecule has 1 aromatic rings. The Kier molecular flexibility index (Phi) is 3.02. The van der Waals surface area contributed by atoms with Crippen LogP contribution in [0.3, 0.4) is 0 Å². The third-order valence-electron chi connectivity index (χ3n) is 3.96. The maximum atomic E-state index is 10.9. The number of nitrogens with zero attached hydrogens (tertiary/aromatic N) is 1. The molecular formula is C13H18N2O3. The van der Waals surface area contributed by atoms with Crippen LogP contribution in [-0.2, 0) is 0 Å². The van der Waals surface area contributed by atoms with Crippen LogP contribution in [0.25, 0.3) is 0 Å². The zero-order valence-electron chi connectivity index (χ0n) is 10.8. The molecular weight excluding hydrogens is 232 g/mol. The van der Waals surface area contributed by atoms with Crippen LogP contribution in [-0.4, -0.2) is 22.2 Å². The van der Waals surface area contributed by atoms with E-state index in [1.165, 1.54) is 0 Å². The molecule has 2 atom stereocenters. The highest BCUT2D eigenvalue weighted by Gasteiger charge is 2.47. The molecule has 2 rings (SSSR count). The highest BCUT2D eigenvalue weighted by molar-refractivity contribution is 5.55. The van der Waals surface area contributed by atoms with Gasteiger partial charge in [-0.25, -0.2) is 0 Å². The smallest absolute Gasteiger partial charge is 0.274 e. The lowest BCUT2D eigenvalue weighted by atomic mass is 9.64. The summed E-state index contributed by atoms with van der Waals surface area (Å²) in [6.07, 6.45) is 0.365. The van der Waals surface area contributed by atoms with Gasteiger partial charge in [0.25, 0.3) is 5.69 Å². The number of hydrogen-bond donors (Lipinski definition) is 2. The summed E-state index contributed by atoms with van der Waals surface area (Å²) in [4.78, 5) is 10.5. The van der Waals surface area contributed by atoms with E-state index < -0.39 is 0 Å². The van der Waals surface area contributed by atoms with Gasteiger partial charge >= 0.3 is 0 Å². The number of benzene rings is 1. The maximum absolute atomic E-state index is 10.9. The van der Waals surface area contributed by atoms with Crippen LogP contribution in [0.15, 0.2) is 18.2 Å². The van der Waals surface area contributed by atoms with Crippen LogP contribution in [0, 0.1) is 22.5 Å². The summed E-state index contributed by atoms with van der Waals surface area (Å²) < 4.78 is 0. The molecule has 1 fully saturated rings. The first-order valence-corrected chi connectivity index (χ1v) is 6.02. The van der Waals surface area contributed by atoms with Gasteiger partial charge in [-0.05, 0) is 19.4 Å². The van der Waals surface area contributed by atoms with Crippen molar-refractivity contribution in [2.75, 3.05) is 5.32 Å². The molecule has 0 aromatic heterocycles. The fraction of sp³-hybridized carbons (Fsp3) is 0.538. The van der Waals surface area contributed by atoms with Gasteiger partial charge in [-0.2, -0.15) is 0 Å². The Labute approximate surface area is 106 Å². The largest absolute Gasteiger partial charge is 0.392 e. The van der Waals surface area contributed by atoms with Crippen LogP contribution in [0.1, 0.15) is 25.8 Å². The fourth-order valence-corrected chi connectivity index (χ4v) is 2.24. The number of aliphatic hydroxyl groups is 1. The Morgan fingerprint density at radius 1 is 1.50 bits per heavy atom. The van der Waals surface area contributed by atoms with Gasteiger partial charge < -0.3 is 10.4 Å². The number of nitrogens with one attached hydrogen (secondary N) is 1. The number of nitro groups is 1. The molecule has 5 heteroatoms. The Balaban J connectivity index is 2.16. The number of anilines is 1. The molecule has 1 aliphatic rings. The van der Waals surface area contributed by atoms with E-state index in [2.05, 4.69) is 5.32 Å². The van der Waals surface area contributed by atoms with Crippen molar-refractivity contribution in [1.82, 2.24) is 0 Å². The van der Waals surface area contributed by atoms with Gasteiger partial charge in [-0.3, -0.25) is 10.1 Å². The van der Waals surface area contributed by atoms with Gasteiger partial charge in [0.15, 0.2) is 0 Å². The van der Waals surface area contributed by atoms with Crippen molar-refractivity contribution in [2.45, 2.75) is 39.3 Å². The number of nitro benzene ring substituents is 1. The molecule has 0 bridgehead atoms. The van der Waals surface area contributed by atoms with Gasteiger partial charge in [0.1, 0.15) is 0 Å². The van der Waals surface area contributed by atoms with Gasteiger partial charge in [0, 0.05) is 28.8 Å². The average molecular weight is 250 g/mol. The van der Waals surface area contributed by atoms with Crippen molar-refractivity contribution in [3.05, 3.63) is 33.9 Å². The van der Waals surface area contributed by atoms with E-state index in [0.717, 1.165) is 5.69 Å². The monoisotopic (exact) mass is 250 g/mol. The summed E-state index contributed by atoms with van der Waals surface area (Å²) in [7, 11) is 0. The third kappa shape index (κ3) is 2.06. The zero-order valence-corrected chi connectivity index (χ0v) is 10.8. The molecule has 0 amide bonds. The van der Waals surface area contributed by atoms with Crippen molar-refractivity contribution in [1.29, 1.82) is 0 Å². The number of aliphatic hydroxyl groups excluding tert-OH is 1. The molecule has 0 spiro atoms. The first-order valence-electron chi connectivity index (χ1n) is 6.02. The van der Waals surface area contributed by atoms with Crippen LogP contribution in [0.4, 0.5) is 11.4 Å². The first kappa shape index (κ1) is 12.8. The summed E-state index contributed by atoms with van der Waals surface area (Å²) >= 11 is 0. The fourth-order valence-electron chi connectivity index (χ4n) is 2.24. The van der Waals surface area contributed by atoms with Crippen molar-refractivity contribution in [3.8, 4) is 0 Å². The number of rotatable bonds is 3. The van der Waals surface area contributed by atoms with E-state index in [-0.39, 0.29) is 28.2 Å². The Morgan fingerprint density at radius 3 is 2.67 bits per heavy atom. The Bertz CT molecular complexity index is 485. The van der Waals surface area contributed by atoms with Gasteiger partial charge in [-0.1, -0.05) is 19.9 Å². The first-order chi connectivity index (χ1) is 8.32. The topological polar surface area (TPSA) is 75.4 Å². The molecule has 1 saturated carbocycles. The maximum Gasteiger partial charge on any atom is 0.274 e. The highest BCUT2D eigenvalue weighted by atomic mass is 16.6. The van der Waals surface area contributed by atoms with Crippen molar-refractivity contribution in [3.63, 3.8) is 0 Å². The lowest BCUT2D eigenvalue weighted by Crippen LogP contribution is -2.56. The van der Waals surface area contributed by atoms with Crippen LogP contribution in [0.2, 0.25) is 0 Å². The minimum atomic E-state index is -0.374. The second-order valence-electron chi connectivity index (χ2n) is 5.53. The van der Waals surface area contributed by atoms with E-state index in [1.54, 1.807) is 19.1 Å². The van der Waals surface area contributed by atoms with Crippen LogP contribution in [0.5, 0.6) is 0 Å². The molecule has 0 saturated heterocycles. The molecule has 0 heterocycles. The predicted molar refractivity (Wildman–Crippen MR) is 69.6 cm³/mol.